The van der Waals surface area contributed by atoms with Gasteiger partial charge in [0, 0.05) is 24.7 Å². The number of aromatic nitrogens is 1. The number of likely N-dealkylation sites (tertiary alicyclic amines) is 1. The minimum Gasteiger partial charge on any atom is -0.354 e. The van der Waals surface area contributed by atoms with Gasteiger partial charge in [0.05, 0.1) is 24.5 Å². The summed E-state index contributed by atoms with van der Waals surface area (Å²) in [5.74, 6) is 0.484. The minimum absolute atomic E-state index is 0. The molecule has 1 saturated heterocycles. The Hall–Kier alpha value is -1.72. The number of carbonyl (C=O) groups is 1. The number of pyridine rings is 1. The summed E-state index contributed by atoms with van der Waals surface area (Å²) in [6.45, 7) is 3.15. The summed E-state index contributed by atoms with van der Waals surface area (Å²) in [5.41, 5.74) is 0.680. The van der Waals surface area contributed by atoms with E-state index in [4.69, 9.17) is 0 Å². The van der Waals surface area contributed by atoms with Crippen LogP contribution in [0.1, 0.15) is 23.8 Å². The number of nitrogens with zero attached hydrogens (tertiary/aromatic N) is 3. The van der Waals surface area contributed by atoms with Gasteiger partial charge < -0.3 is 16.0 Å². The molecule has 1 aliphatic heterocycles. The van der Waals surface area contributed by atoms with Gasteiger partial charge in [-0.2, -0.15) is 0 Å². The van der Waals surface area contributed by atoms with Crippen LogP contribution in [-0.2, 0) is 4.79 Å². The van der Waals surface area contributed by atoms with Crippen LogP contribution in [0.2, 0.25) is 0 Å². The van der Waals surface area contributed by atoms with E-state index in [1.165, 1.54) is 17.7 Å². The molecular weight excluding hydrogens is 487 g/mol. The Labute approximate surface area is 187 Å². The zero-order valence-corrected chi connectivity index (χ0v) is 19.1. The molecule has 7 nitrogen and oxygen atoms in total. The Morgan fingerprint density at radius 1 is 1.29 bits per heavy atom. The van der Waals surface area contributed by atoms with Crippen LogP contribution < -0.4 is 16.0 Å². The first-order valence-electron chi connectivity index (χ1n) is 9.18. The summed E-state index contributed by atoms with van der Waals surface area (Å²) in [4.78, 5) is 24.2. The summed E-state index contributed by atoms with van der Waals surface area (Å²) >= 11 is 1.78. The van der Waals surface area contributed by atoms with Crippen molar-refractivity contribution in [1.82, 2.24) is 20.5 Å². The maximum Gasteiger partial charge on any atom is 0.243 e. The van der Waals surface area contributed by atoms with Crippen molar-refractivity contribution in [3.63, 3.8) is 0 Å². The van der Waals surface area contributed by atoms with E-state index in [1.54, 1.807) is 42.9 Å². The molecule has 1 atom stereocenters. The third kappa shape index (κ3) is 6.71. The molecule has 0 bridgehead atoms. The quantitative estimate of drug-likeness (QED) is 0.301. The summed E-state index contributed by atoms with van der Waals surface area (Å²) in [7, 11) is 1.71. The van der Waals surface area contributed by atoms with Gasteiger partial charge in [-0.1, -0.05) is 6.07 Å². The smallest absolute Gasteiger partial charge is 0.243 e. The molecule has 152 valence electrons. The van der Waals surface area contributed by atoms with Crippen LogP contribution in [0.3, 0.4) is 0 Å². The number of hydrogen-bond donors (Lipinski definition) is 3. The molecule has 0 aromatic carbocycles. The standard InChI is InChI=1S/C19H26N6OS.HI/c1-20-19(23-14-18(26)24-15-6-4-8-21-12-15)22-13-16(17-7-5-11-27-17)25-9-2-3-10-25;/h4-8,11-12,16H,2-3,9-10,13-14H2,1H3,(H,24,26)(H2,20,22,23);1H. The number of carbonyl (C=O) groups excluding carboxylic acids is 1. The van der Waals surface area contributed by atoms with Crippen molar-refractivity contribution in [3.8, 4) is 0 Å². The van der Waals surface area contributed by atoms with Crippen LogP contribution in [0.25, 0.3) is 0 Å². The highest BCUT2D eigenvalue weighted by atomic mass is 127. The first-order chi connectivity index (χ1) is 13.3. The number of thiophene rings is 1. The zero-order chi connectivity index (χ0) is 18.9. The molecule has 28 heavy (non-hydrogen) atoms. The maximum absolute atomic E-state index is 12.1. The monoisotopic (exact) mass is 514 g/mol. The average molecular weight is 514 g/mol. The van der Waals surface area contributed by atoms with Gasteiger partial charge in [-0.3, -0.25) is 19.7 Å². The zero-order valence-electron chi connectivity index (χ0n) is 15.9. The first kappa shape index (κ1) is 22.6. The largest absolute Gasteiger partial charge is 0.354 e. The number of nitrogens with one attached hydrogen (secondary N) is 3. The number of anilines is 1. The first-order valence-corrected chi connectivity index (χ1v) is 10.1. The molecule has 0 radical (unpaired) electrons. The van der Waals surface area contributed by atoms with Crippen LogP contribution in [0.4, 0.5) is 5.69 Å². The van der Waals surface area contributed by atoms with Crippen LogP contribution in [0, 0.1) is 0 Å². The lowest BCUT2D eigenvalue weighted by Crippen LogP contribution is -2.44. The van der Waals surface area contributed by atoms with Crippen LogP contribution in [-0.4, -0.2) is 55.0 Å². The van der Waals surface area contributed by atoms with Crippen molar-refractivity contribution in [1.29, 1.82) is 0 Å². The van der Waals surface area contributed by atoms with Gasteiger partial charge in [-0.05, 0) is 49.5 Å². The molecular formula is C19H27IN6OS. The van der Waals surface area contributed by atoms with E-state index in [0.29, 0.717) is 17.7 Å². The number of amides is 1. The second-order valence-corrected chi connectivity index (χ2v) is 7.35. The van der Waals surface area contributed by atoms with E-state index in [9.17, 15) is 4.79 Å². The van der Waals surface area contributed by atoms with Gasteiger partial charge >= 0.3 is 0 Å². The van der Waals surface area contributed by atoms with Gasteiger partial charge in [0.15, 0.2) is 5.96 Å². The average Bonchev–Trinajstić information content (AvgIpc) is 3.40. The molecule has 3 N–H and O–H groups in total. The van der Waals surface area contributed by atoms with E-state index in [-0.39, 0.29) is 36.4 Å². The molecule has 1 amide bonds. The second kappa shape index (κ2) is 12.0. The Morgan fingerprint density at radius 3 is 2.75 bits per heavy atom. The van der Waals surface area contributed by atoms with Crippen LogP contribution in [0.15, 0.2) is 47.0 Å². The molecule has 2 aromatic rings. The molecule has 0 saturated carbocycles. The normalized spacial score (nSPS) is 15.5. The summed E-state index contributed by atoms with van der Waals surface area (Å²) in [6.07, 6.45) is 5.80. The molecule has 9 heteroatoms. The highest BCUT2D eigenvalue weighted by Crippen LogP contribution is 2.27. The summed E-state index contributed by atoms with van der Waals surface area (Å²) in [6, 6.07) is 8.20. The fourth-order valence-corrected chi connectivity index (χ4v) is 4.02. The van der Waals surface area contributed by atoms with Crippen molar-refractivity contribution >= 4 is 52.9 Å². The Morgan fingerprint density at radius 2 is 2.11 bits per heavy atom. The Balaban J connectivity index is 0.00000280. The number of hydrogen-bond acceptors (Lipinski definition) is 5. The lowest BCUT2D eigenvalue weighted by molar-refractivity contribution is -0.115. The molecule has 2 aromatic heterocycles. The Kier molecular flexibility index (Phi) is 9.65. The van der Waals surface area contributed by atoms with E-state index in [1.807, 2.05) is 0 Å². The molecule has 1 aliphatic rings. The van der Waals surface area contributed by atoms with Crippen molar-refractivity contribution in [3.05, 3.63) is 46.9 Å². The molecule has 0 aliphatic carbocycles. The summed E-state index contributed by atoms with van der Waals surface area (Å²) in [5, 5.41) is 11.4. The molecule has 1 fully saturated rings. The number of halogens is 1. The van der Waals surface area contributed by atoms with Crippen molar-refractivity contribution < 1.29 is 4.79 Å². The maximum atomic E-state index is 12.1. The third-order valence-electron chi connectivity index (χ3n) is 4.50. The highest BCUT2D eigenvalue weighted by Gasteiger charge is 2.24. The second-order valence-electron chi connectivity index (χ2n) is 6.37. The van der Waals surface area contributed by atoms with E-state index in [0.717, 1.165) is 19.6 Å². The van der Waals surface area contributed by atoms with Crippen molar-refractivity contribution in [2.45, 2.75) is 18.9 Å². The minimum atomic E-state index is -0.139. The van der Waals surface area contributed by atoms with E-state index in [2.05, 4.69) is 48.3 Å². The van der Waals surface area contributed by atoms with Crippen LogP contribution in [0.5, 0.6) is 0 Å². The third-order valence-corrected chi connectivity index (χ3v) is 5.47. The predicted molar refractivity (Wildman–Crippen MR) is 126 cm³/mol. The van der Waals surface area contributed by atoms with E-state index >= 15 is 0 Å². The lowest BCUT2D eigenvalue weighted by atomic mass is 10.2. The number of aliphatic imine (C=N–C) groups is 1. The SMILES string of the molecule is CN=C(NCC(=O)Nc1cccnc1)NCC(c1cccs1)N1CCCC1.I. The lowest BCUT2D eigenvalue weighted by Gasteiger charge is -2.27. The van der Waals surface area contributed by atoms with Crippen molar-refractivity contribution in [2.75, 3.05) is 38.5 Å². The van der Waals surface area contributed by atoms with E-state index < -0.39 is 0 Å². The molecule has 1 unspecified atom stereocenters. The number of rotatable bonds is 7. The molecule has 3 rings (SSSR count). The Bertz CT molecular complexity index is 734. The van der Waals surface area contributed by atoms with Gasteiger partial charge in [-0.15, -0.1) is 35.3 Å². The van der Waals surface area contributed by atoms with Gasteiger partial charge in [-0.25, -0.2) is 0 Å². The highest BCUT2D eigenvalue weighted by molar-refractivity contribution is 14.0. The topological polar surface area (TPSA) is 81.6 Å². The predicted octanol–water partition coefficient (Wildman–Crippen LogP) is 2.70. The fraction of sp³-hybridized carbons (Fsp3) is 0.421. The van der Waals surface area contributed by atoms with Gasteiger partial charge in [0.1, 0.15) is 0 Å². The van der Waals surface area contributed by atoms with Gasteiger partial charge in [0.2, 0.25) is 5.91 Å². The number of guanidine groups is 1. The molecule has 3 heterocycles. The van der Waals surface area contributed by atoms with Gasteiger partial charge in [0.25, 0.3) is 0 Å². The van der Waals surface area contributed by atoms with Crippen molar-refractivity contribution in [2.24, 2.45) is 4.99 Å². The fourth-order valence-electron chi connectivity index (χ4n) is 3.16. The van der Waals surface area contributed by atoms with Crippen LogP contribution >= 0.6 is 35.3 Å². The molecule has 0 spiro atoms. The summed E-state index contributed by atoms with van der Waals surface area (Å²) < 4.78 is 0.